The van der Waals surface area contributed by atoms with Crippen molar-refractivity contribution in [1.29, 1.82) is 0 Å². The number of aromatic amines is 1. The fourth-order valence-electron chi connectivity index (χ4n) is 3.42. The zero-order valence-corrected chi connectivity index (χ0v) is 15.2. The number of benzene rings is 2. The van der Waals surface area contributed by atoms with Gasteiger partial charge in [-0.1, -0.05) is 54.6 Å². The van der Waals surface area contributed by atoms with Gasteiger partial charge >= 0.3 is 0 Å². The van der Waals surface area contributed by atoms with E-state index in [1.807, 2.05) is 23.1 Å². The van der Waals surface area contributed by atoms with Gasteiger partial charge in [-0.15, -0.1) is 0 Å². The van der Waals surface area contributed by atoms with Crippen LogP contribution in [0.25, 0.3) is 11.1 Å². The van der Waals surface area contributed by atoms with Gasteiger partial charge in [0.15, 0.2) is 0 Å². The van der Waals surface area contributed by atoms with Crippen LogP contribution in [-0.4, -0.2) is 33.5 Å². The van der Waals surface area contributed by atoms with Crippen molar-refractivity contribution in [1.82, 2.24) is 14.9 Å². The Labute approximate surface area is 159 Å². The molecule has 0 saturated carbocycles. The van der Waals surface area contributed by atoms with Gasteiger partial charge in [-0.3, -0.25) is 4.79 Å². The summed E-state index contributed by atoms with van der Waals surface area (Å²) in [6.07, 6.45) is 4.81. The van der Waals surface area contributed by atoms with E-state index in [1.165, 1.54) is 11.1 Å². The molecule has 0 unspecified atom stereocenters. The van der Waals surface area contributed by atoms with Crippen molar-refractivity contribution >= 4 is 5.91 Å². The highest BCUT2D eigenvalue weighted by Crippen LogP contribution is 2.22. The highest BCUT2D eigenvalue weighted by Gasteiger charge is 2.28. The zero-order valence-electron chi connectivity index (χ0n) is 15.2. The van der Waals surface area contributed by atoms with Crippen LogP contribution in [0.3, 0.4) is 0 Å². The summed E-state index contributed by atoms with van der Waals surface area (Å²) in [7, 11) is 0. The lowest BCUT2D eigenvalue weighted by atomic mass is 10.0. The van der Waals surface area contributed by atoms with Gasteiger partial charge in [0.25, 0.3) is 5.91 Å². The third kappa shape index (κ3) is 4.26. The number of carbonyl (C=O) groups excluding carboxylic acids is 1. The van der Waals surface area contributed by atoms with E-state index in [2.05, 4.69) is 46.4 Å². The zero-order chi connectivity index (χ0) is 18.5. The molecule has 1 amide bonds. The van der Waals surface area contributed by atoms with Gasteiger partial charge in [0.05, 0.1) is 18.6 Å². The molecule has 2 aromatic carbocycles. The molecule has 1 aromatic heterocycles. The minimum atomic E-state index is -0.323. The summed E-state index contributed by atoms with van der Waals surface area (Å²) in [5.74, 6) is 0.0502. The van der Waals surface area contributed by atoms with Crippen molar-refractivity contribution in [3.8, 4) is 11.1 Å². The van der Waals surface area contributed by atoms with Crippen LogP contribution in [0.4, 0.5) is 0 Å². The SMILES string of the molecule is O=C([C@@H]1CCCO1)N(Cc1ccc(-c2ccccc2)cc1)Cc1cnc[nH]1. The summed E-state index contributed by atoms with van der Waals surface area (Å²) >= 11 is 0. The minimum absolute atomic E-state index is 0.0502. The first kappa shape index (κ1) is 17.5. The second-order valence-corrected chi connectivity index (χ2v) is 6.84. The van der Waals surface area contributed by atoms with E-state index in [4.69, 9.17) is 4.74 Å². The van der Waals surface area contributed by atoms with Gasteiger partial charge in [-0.2, -0.15) is 0 Å². The monoisotopic (exact) mass is 361 g/mol. The Balaban J connectivity index is 1.51. The van der Waals surface area contributed by atoms with Gasteiger partial charge in [-0.05, 0) is 29.5 Å². The lowest BCUT2D eigenvalue weighted by molar-refractivity contribution is -0.142. The molecule has 138 valence electrons. The van der Waals surface area contributed by atoms with Crippen LogP contribution in [0.1, 0.15) is 24.1 Å². The molecule has 1 saturated heterocycles. The predicted molar refractivity (Wildman–Crippen MR) is 104 cm³/mol. The Hall–Kier alpha value is -2.92. The Morgan fingerprint density at radius 1 is 1.07 bits per heavy atom. The number of hydrogen-bond donors (Lipinski definition) is 1. The first-order valence-corrected chi connectivity index (χ1v) is 9.31. The fraction of sp³-hybridized carbons (Fsp3) is 0.273. The number of imidazole rings is 1. The second kappa shape index (κ2) is 8.18. The van der Waals surface area contributed by atoms with Gasteiger partial charge in [-0.25, -0.2) is 4.98 Å². The van der Waals surface area contributed by atoms with Crippen LogP contribution in [0.2, 0.25) is 0 Å². The molecule has 0 radical (unpaired) electrons. The standard InChI is InChI=1S/C22H23N3O2/c26-22(21-7-4-12-27-21)25(15-20-13-23-16-24-20)14-17-8-10-19(11-9-17)18-5-2-1-3-6-18/h1-3,5-6,8-11,13,16,21H,4,7,12,14-15H2,(H,23,24)/t21-/m0/s1. The average Bonchev–Trinajstić information content (AvgIpc) is 3.42. The van der Waals surface area contributed by atoms with Gasteiger partial charge in [0, 0.05) is 19.3 Å². The maximum atomic E-state index is 12.9. The summed E-state index contributed by atoms with van der Waals surface area (Å²) in [6, 6.07) is 18.7. The highest BCUT2D eigenvalue weighted by atomic mass is 16.5. The molecule has 0 aliphatic carbocycles. The summed E-state index contributed by atoms with van der Waals surface area (Å²) < 4.78 is 5.61. The van der Waals surface area contributed by atoms with Crippen molar-refractivity contribution in [2.24, 2.45) is 0 Å². The number of nitrogens with one attached hydrogen (secondary N) is 1. The smallest absolute Gasteiger partial charge is 0.252 e. The number of rotatable bonds is 6. The van der Waals surface area contributed by atoms with E-state index in [1.54, 1.807) is 12.5 Å². The van der Waals surface area contributed by atoms with Crippen LogP contribution in [0.5, 0.6) is 0 Å². The number of nitrogens with zero attached hydrogens (tertiary/aromatic N) is 2. The summed E-state index contributed by atoms with van der Waals surface area (Å²) in [5, 5.41) is 0. The quantitative estimate of drug-likeness (QED) is 0.727. The third-order valence-corrected chi connectivity index (χ3v) is 4.87. The van der Waals surface area contributed by atoms with Gasteiger partial charge < -0.3 is 14.6 Å². The van der Waals surface area contributed by atoms with Crippen LogP contribution in [0.15, 0.2) is 67.1 Å². The van der Waals surface area contributed by atoms with Crippen molar-refractivity contribution in [2.75, 3.05) is 6.61 Å². The van der Waals surface area contributed by atoms with Crippen LogP contribution in [-0.2, 0) is 22.6 Å². The molecule has 1 N–H and O–H groups in total. The topological polar surface area (TPSA) is 58.2 Å². The van der Waals surface area contributed by atoms with Crippen LogP contribution in [0, 0.1) is 0 Å². The van der Waals surface area contributed by atoms with Crippen molar-refractivity contribution in [2.45, 2.75) is 32.0 Å². The van der Waals surface area contributed by atoms with Crippen LogP contribution >= 0.6 is 0 Å². The highest BCUT2D eigenvalue weighted by molar-refractivity contribution is 5.81. The van der Waals surface area contributed by atoms with Crippen molar-refractivity contribution in [3.63, 3.8) is 0 Å². The molecular weight excluding hydrogens is 338 g/mol. The summed E-state index contributed by atoms with van der Waals surface area (Å²) in [4.78, 5) is 21.9. The number of hydrogen-bond acceptors (Lipinski definition) is 3. The molecule has 27 heavy (non-hydrogen) atoms. The number of H-pyrrole nitrogens is 1. The molecule has 0 bridgehead atoms. The molecule has 0 spiro atoms. The van der Waals surface area contributed by atoms with Gasteiger partial charge in [0.2, 0.25) is 0 Å². The van der Waals surface area contributed by atoms with Crippen molar-refractivity contribution in [3.05, 3.63) is 78.4 Å². The molecular formula is C22H23N3O2. The van der Waals surface area contributed by atoms with Crippen LogP contribution < -0.4 is 0 Å². The minimum Gasteiger partial charge on any atom is -0.368 e. The predicted octanol–water partition coefficient (Wildman–Crippen LogP) is 3.78. The number of carbonyl (C=O) groups is 1. The molecule has 5 nitrogen and oxygen atoms in total. The van der Waals surface area contributed by atoms with Crippen molar-refractivity contribution < 1.29 is 9.53 Å². The molecule has 1 aliphatic rings. The Morgan fingerprint density at radius 3 is 2.52 bits per heavy atom. The molecule has 1 fully saturated rings. The lowest BCUT2D eigenvalue weighted by Crippen LogP contribution is -2.38. The van der Waals surface area contributed by atoms with E-state index in [-0.39, 0.29) is 12.0 Å². The normalized spacial score (nSPS) is 16.4. The maximum Gasteiger partial charge on any atom is 0.252 e. The largest absolute Gasteiger partial charge is 0.368 e. The summed E-state index contributed by atoms with van der Waals surface area (Å²) in [5.41, 5.74) is 4.38. The van der Waals surface area contributed by atoms with Gasteiger partial charge in [0.1, 0.15) is 6.10 Å². The average molecular weight is 361 g/mol. The lowest BCUT2D eigenvalue weighted by Gasteiger charge is -2.25. The molecule has 2 heterocycles. The number of aromatic nitrogens is 2. The number of ether oxygens (including phenoxy) is 1. The summed E-state index contributed by atoms with van der Waals surface area (Å²) in [6.45, 7) is 1.71. The van der Waals surface area contributed by atoms with E-state index in [0.29, 0.717) is 19.7 Å². The Kier molecular flexibility index (Phi) is 5.30. The third-order valence-electron chi connectivity index (χ3n) is 4.87. The van der Waals surface area contributed by atoms with E-state index < -0.39 is 0 Å². The maximum absolute atomic E-state index is 12.9. The molecule has 3 aromatic rings. The molecule has 1 aliphatic heterocycles. The van der Waals surface area contributed by atoms with E-state index in [0.717, 1.165) is 24.1 Å². The molecule has 1 atom stereocenters. The Bertz CT molecular complexity index is 854. The molecule has 4 rings (SSSR count). The Morgan fingerprint density at radius 2 is 1.85 bits per heavy atom. The first-order chi connectivity index (χ1) is 13.3. The first-order valence-electron chi connectivity index (χ1n) is 9.31. The van der Waals surface area contributed by atoms with E-state index >= 15 is 0 Å². The fourth-order valence-corrected chi connectivity index (χ4v) is 3.42. The number of amides is 1. The van der Waals surface area contributed by atoms with E-state index in [9.17, 15) is 4.79 Å². The molecule has 5 heteroatoms. The second-order valence-electron chi connectivity index (χ2n) is 6.84.